The van der Waals surface area contributed by atoms with Gasteiger partial charge in [-0.05, 0) is 24.6 Å². The molecule has 0 aliphatic carbocycles. The van der Waals surface area contributed by atoms with Crippen LogP contribution in [0.25, 0.3) is 0 Å². The molecule has 0 unspecified atom stereocenters. The van der Waals surface area contributed by atoms with E-state index in [4.69, 9.17) is 22.4 Å². The van der Waals surface area contributed by atoms with Crippen LogP contribution in [0.5, 0.6) is 0 Å². The molecular weight excluding hydrogens is 256 g/mol. The van der Waals surface area contributed by atoms with Crippen molar-refractivity contribution in [2.24, 2.45) is 0 Å². The van der Waals surface area contributed by atoms with Crippen LogP contribution in [0.1, 0.15) is 23.7 Å². The third-order valence-corrected chi connectivity index (χ3v) is 2.64. The number of nitrogen functional groups attached to an aromatic ring is 1. The number of carbonyl (C=O) groups excluding carboxylic acids is 1. The van der Waals surface area contributed by atoms with Crippen molar-refractivity contribution in [1.29, 1.82) is 0 Å². The van der Waals surface area contributed by atoms with E-state index in [-0.39, 0.29) is 17.1 Å². The summed E-state index contributed by atoms with van der Waals surface area (Å²) in [6, 6.07) is 4.54. The predicted molar refractivity (Wildman–Crippen MR) is 69.7 cm³/mol. The molecule has 6 heteroatoms. The van der Waals surface area contributed by atoms with E-state index in [0.717, 1.165) is 0 Å². The van der Waals surface area contributed by atoms with Gasteiger partial charge >= 0.3 is 5.97 Å². The second kappa shape index (κ2) is 6.26. The van der Waals surface area contributed by atoms with Gasteiger partial charge in [-0.25, -0.2) is 0 Å². The first-order chi connectivity index (χ1) is 8.45. The maximum Gasteiger partial charge on any atom is 0.323 e. The van der Waals surface area contributed by atoms with Crippen molar-refractivity contribution in [3.05, 3.63) is 28.8 Å². The second-order valence-electron chi connectivity index (χ2n) is 3.86. The highest BCUT2D eigenvalue weighted by Gasteiger charge is 2.19. The molecule has 0 saturated heterocycles. The Bertz CT molecular complexity index is 463. The van der Waals surface area contributed by atoms with Gasteiger partial charge in [0.1, 0.15) is 6.54 Å². The number of amides is 1. The zero-order valence-corrected chi connectivity index (χ0v) is 10.8. The maximum absolute atomic E-state index is 12.1. The minimum absolute atomic E-state index is 0.228. The van der Waals surface area contributed by atoms with Gasteiger partial charge in [0, 0.05) is 12.2 Å². The zero-order chi connectivity index (χ0) is 13.7. The summed E-state index contributed by atoms with van der Waals surface area (Å²) < 4.78 is 0. The van der Waals surface area contributed by atoms with Crippen LogP contribution in [0.4, 0.5) is 5.69 Å². The number of hydrogen-bond donors (Lipinski definition) is 2. The lowest BCUT2D eigenvalue weighted by molar-refractivity contribution is -0.137. The summed E-state index contributed by atoms with van der Waals surface area (Å²) in [4.78, 5) is 24.1. The van der Waals surface area contributed by atoms with E-state index in [9.17, 15) is 9.59 Å². The van der Waals surface area contributed by atoms with Crippen molar-refractivity contribution >= 4 is 29.2 Å². The van der Waals surface area contributed by atoms with Crippen LogP contribution in [0.3, 0.4) is 0 Å². The van der Waals surface area contributed by atoms with Crippen LogP contribution in [-0.2, 0) is 4.79 Å². The monoisotopic (exact) mass is 270 g/mol. The Balaban J connectivity index is 2.97. The Morgan fingerprint density at radius 3 is 2.61 bits per heavy atom. The fraction of sp³-hybridized carbons (Fsp3) is 0.333. The third-order valence-electron chi connectivity index (χ3n) is 2.33. The van der Waals surface area contributed by atoms with Gasteiger partial charge in [0.25, 0.3) is 5.91 Å². The largest absolute Gasteiger partial charge is 0.480 e. The van der Waals surface area contributed by atoms with Crippen molar-refractivity contribution in [2.75, 3.05) is 18.8 Å². The maximum atomic E-state index is 12.1. The number of hydrogen-bond acceptors (Lipinski definition) is 3. The quantitative estimate of drug-likeness (QED) is 0.800. The van der Waals surface area contributed by atoms with Gasteiger partial charge in [-0.2, -0.15) is 0 Å². The summed E-state index contributed by atoms with van der Waals surface area (Å²) >= 11 is 5.93. The van der Waals surface area contributed by atoms with Crippen LogP contribution in [0, 0.1) is 0 Å². The summed E-state index contributed by atoms with van der Waals surface area (Å²) in [6.07, 6.45) is 0.672. The van der Waals surface area contributed by atoms with E-state index in [2.05, 4.69) is 0 Å². The van der Waals surface area contributed by atoms with E-state index >= 15 is 0 Å². The lowest BCUT2D eigenvalue weighted by Crippen LogP contribution is -2.36. The van der Waals surface area contributed by atoms with E-state index < -0.39 is 11.9 Å². The summed E-state index contributed by atoms with van der Waals surface area (Å²) in [5, 5.41) is 9.00. The molecule has 1 amide bonds. The van der Waals surface area contributed by atoms with Gasteiger partial charge in [-0.3, -0.25) is 9.59 Å². The molecule has 0 aliphatic heterocycles. The average molecular weight is 271 g/mol. The molecule has 1 rings (SSSR count). The molecule has 0 spiro atoms. The van der Waals surface area contributed by atoms with E-state index in [1.165, 1.54) is 17.0 Å². The molecule has 0 fully saturated rings. The zero-order valence-electron chi connectivity index (χ0n) is 10.0. The number of rotatable bonds is 5. The summed E-state index contributed by atoms with van der Waals surface area (Å²) in [5.74, 6) is -1.45. The lowest BCUT2D eigenvalue weighted by atomic mass is 10.1. The van der Waals surface area contributed by atoms with Crippen molar-refractivity contribution in [3.63, 3.8) is 0 Å². The van der Waals surface area contributed by atoms with Crippen LogP contribution >= 0.6 is 11.6 Å². The number of nitrogens with two attached hydrogens (primary N) is 1. The standard InChI is InChI=1S/C12H15ClN2O3/c1-2-5-15(7-11(16)17)12(18)9-4-3-8(14)6-10(9)13/h3-4,6H,2,5,7,14H2,1H3,(H,16,17). The molecule has 0 heterocycles. The first-order valence-corrected chi connectivity index (χ1v) is 5.89. The van der Waals surface area contributed by atoms with E-state index in [1.54, 1.807) is 6.07 Å². The average Bonchev–Trinajstić information content (AvgIpc) is 2.27. The molecule has 5 nitrogen and oxygen atoms in total. The molecule has 1 aromatic carbocycles. The molecule has 0 bridgehead atoms. The number of halogens is 1. The number of carbonyl (C=O) groups is 2. The SMILES string of the molecule is CCCN(CC(=O)O)C(=O)c1ccc(N)cc1Cl. The molecule has 0 atom stereocenters. The molecule has 1 aromatic rings. The van der Waals surface area contributed by atoms with Crippen molar-refractivity contribution in [3.8, 4) is 0 Å². The smallest absolute Gasteiger partial charge is 0.323 e. The van der Waals surface area contributed by atoms with Gasteiger partial charge < -0.3 is 15.7 Å². The van der Waals surface area contributed by atoms with Crippen molar-refractivity contribution in [2.45, 2.75) is 13.3 Å². The van der Waals surface area contributed by atoms with Crippen molar-refractivity contribution < 1.29 is 14.7 Å². The van der Waals surface area contributed by atoms with E-state index in [0.29, 0.717) is 18.7 Å². The molecule has 0 radical (unpaired) electrons. The van der Waals surface area contributed by atoms with Crippen LogP contribution in [0.2, 0.25) is 5.02 Å². The predicted octanol–water partition coefficient (Wildman–Crippen LogP) is 1.86. The summed E-state index contributed by atoms with van der Waals surface area (Å²) in [7, 11) is 0. The van der Waals surface area contributed by atoms with Crippen LogP contribution in [-0.4, -0.2) is 35.0 Å². The number of carboxylic acid groups (broad SMARTS) is 1. The Morgan fingerprint density at radius 2 is 2.11 bits per heavy atom. The number of anilines is 1. The summed E-state index contributed by atoms with van der Waals surface area (Å²) in [6.45, 7) is 1.89. The summed E-state index contributed by atoms with van der Waals surface area (Å²) in [5.41, 5.74) is 6.26. The molecule has 18 heavy (non-hydrogen) atoms. The minimum atomic E-state index is -1.05. The topological polar surface area (TPSA) is 83.6 Å². The fourth-order valence-electron chi connectivity index (χ4n) is 1.56. The first-order valence-electron chi connectivity index (χ1n) is 5.51. The molecule has 0 aliphatic rings. The number of nitrogens with zero attached hydrogens (tertiary/aromatic N) is 1. The lowest BCUT2D eigenvalue weighted by Gasteiger charge is -2.20. The highest BCUT2D eigenvalue weighted by Crippen LogP contribution is 2.20. The van der Waals surface area contributed by atoms with Gasteiger partial charge in [0.15, 0.2) is 0 Å². The van der Waals surface area contributed by atoms with Crippen molar-refractivity contribution in [1.82, 2.24) is 4.90 Å². The Labute approximate surface area is 110 Å². The molecule has 0 saturated carbocycles. The van der Waals surface area contributed by atoms with Gasteiger partial charge in [-0.1, -0.05) is 18.5 Å². The highest BCUT2D eigenvalue weighted by molar-refractivity contribution is 6.34. The Hall–Kier alpha value is -1.75. The molecule has 98 valence electrons. The second-order valence-corrected chi connectivity index (χ2v) is 4.27. The molecule has 0 aromatic heterocycles. The molecular formula is C12H15ClN2O3. The van der Waals surface area contributed by atoms with Crippen LogP contribution < -0.4 is 5.73 Å². The van der Waals surface area contributed by atoms with Gasteiger partial charge in [-0.15, -0.1) is 0 Å². The Kier molecular flexibility index (Phi) is 4.97. The minimum Gasteiger partial charge on any atom is -0.480 e. The highest BCUT2D eigenvalue weighted by atomic mass is 35.5. The van der Waals surface area contributed by atoms with Gasteiger partial charge in [0.2, 0.25) is 0 Å². The fourth-order valence-corrected chi connectivity index (χ4v) is 1.83. The van der Waals surface area contributed by atoms with Gasteiger partial charge in [0.05, 0.1) is 10.6 Å². The number of carboxylic acids is 1. The number of aliphatic carboxylic acids is 1. The van der Waals surface area contributed by atoms with E-state index in [1.807, 2.05) is 6.92 Å². The third kappa shape index (κ3) is 3.63. The number of benzene rings is 1. The van der Waals surface area contributed by atoms with Crippen LogP contribution in [0.15, 0.2) is 18.2 Å². The normalized spacial score (nSPS) is 10.1. The Morgan fingerprint density at radius 1 is 1.44 bits per heavy atom. The molecule has 3 N–H and O–H groups in total. The first kappa shape index (κ1) is 14.3.